The smallest absolute Gasteiger partial charge is 0.270 e. The summed E-state index contributed by atoms with van der Waals surface area (Å²) in [6.45, 7) is 1.74. The highest BCUT2D eigenvalue weighted by atomic mass is 16.6. The highest BCUT2D eigenvalue weighted by molar-refractivity contribution is 5.94. The third-order valence-electron chi connectivity index (χ3n) is 2.26. The normalized spacial score (nSPS) is 11.9. The van der Waals surface area contributed by atoms with E-state index >= 15 is 0 Å². The molecule has 92 valence electrons. The van der Waals surface area contributed by atoms with Crippen LogP contribution in [0.2, 0.25) is 0 Å². The molecule has 6 nitrogen and oxygen atoms in total. The van der Waals surface area contributed by atoms with Crippen LogP contribution in [-0.4, -0.2) is 28.6 Å². The van der Waals surface area contributed by atoms with Crippen molar-refractivity contribution in [1.29, 1.82) is 0 Å². The summed E-state index contributed by atoms with van der Waals surface area (Å²) in [6.07, 6.45) is 0.445. The Balaban J connectivity index is 2.75. The lowest BCUT2D eigenvalue weighted by molar-refractivity contribution is -0.384. The van der Waals surface area contributed by atoms with Crippen molar-refractivity contribution >= 4 is 11.6 Å². The van der Waals surface area contributed by atoms with Gasteiger partial charge >= 0.3 is 0 Å². The van der Waals surface area contributed by atoms with Crippen LogP contribution < -0.4 is 5.32 Å². The number of aliphatic hydroxyl groups is 1. The molecule has 6 heteroatoms. The number of hydrogen-bond acceptors (Lipinski definition) is 4. The van der Waals surface area contributed by atoms with E-state index in [1.165, 1.54) is 24.3 Å². The second-order valence-electron chi connectivity index (χ2n) is 3.69. The Morgan fingerprint density at radius 3 is 2.88 bits per heavy atom. The van der Waals surface area contributed by atoms with E-state index in [1.54, 1.807) is 6.92 Å². The van der Waals surface area contributed by atoms with Gasteiger partial charge in [-0.2, -0.15) is 0 Å². The number of aliphatic hydroxyl groups excluding tert-OH is 1. The minimum Gasteiger partial charge on any atom is -0.396 e. The first-order valence-electron chi connectivity index (χ1n) is 5.20. The molecule has 1 rings (SSSR count). The maximum absolute atomic E-state index is 11.7. The molecule has 2 N–H and O–H groups in total. The zero-order chi connectivity index (χ0) is 12.8. The van der Waals surface area contributed by atoms with Crippen molar-refractivity contribution in [1.82, 2.24) is 5.32 Å². The van der Waals surface area contributed by atoms with E-state index < -0.39 is 4.92 Å². The minimum absolute atomic E-state index is 0.0175. The number of hydrogen-bond donors (Lipinski definition) is 2. The summed E-state index contributed by atoms with van der Waals surface area (Å²) >= 11 is 0. The molecule has 0 spiro atoms. The monoisotopic (exact) mass is 238 g/mol. The van der Waals surface area contributed by atoms with Gasteiger partial charge in [-0.3, -0.25) is 14.9 Å². The summed E-state index contributed by atoms with van der Waals surface area (Å²) in [4.78, 5) is 21.7. The molecule has 0 heterocycles. The molecule has 1 unspecified atom stereocenters. The van der Waals surface area contributed by atoms with Crippen LogP contribution in [0.5, 0.6) is 0 Å². The number of carbonyl (C=O) groups excluding carboxylic acids is 1. The van der Waals surface area contributed by atoms with Crippen LogP contribution >= 0.6 is 0 Å². The van der Waals surface area contributed by atoms with Gasteiger partial charge in [0.25, 0.3) is 11.6 Å². The van der Waals surface area contributed by atoms with Gasteiger partial charge in [-0.1, -0.05) is 6.07 Å². The first-order valence-corrected chi connectivity index (χ1v) is 5.20. The summed E-state index contributed by atoms with van der Waals surface area (Å²) in [5.41, 5.74) is 0.122. The maximum Gasteiger partial charge on any atom is 0.270 e. The fourth-order valence-corrected chi connectivity index (χ4v) is 1.33. The van der Waals surface area contributed by atoms with Crippen molar-refractivity contribution in [2.45, 2.75) is 19.4 Å². The fourth-order valence-electron chi connectivity index (χ4n) is 1.33. The Bertz CT molecular complexity index is 420. The molecule has 0 aliphatic heterocycles. The van der Waals surface area contributed by atoms with Gasteiger partial charge in [-0.25, -0.2) is 0 Å². The predicted octanol–water partition coefficient (Wildman–Crippen LogP) is 1.10. The van der Waals surface area contributed by atoms with Crippen LogP contribution in [0, 0.1) is 10.1 Å². The summed E-state index contributed by atoms with van der Waals surface area (Å²) in [5.74, 6) is -0.380. The van der Waals surface area contributed by atoms with E-state index in [4.69, 9.17) is 5.11 Å². The Morgan fingerprint density at radius 1 is 1.59 bits per heavy atom. The molecule has 0 bridgehead atoms. The Kier molecular flexibility index (Phi) is 4.59. The molecule has 0 radical (unpaired) electrons. The number of non-ortho nitro benzene ring substituents is 1. The molecular formula is C11H14N2O4. The molecule has 0 aliphatic carbocycles. The average molecular weight is 238 g/mol. The maximum atomic E-state index is 11.7. The minimum atomic E-state index is -0.548. The molecule has 1 atom stereocenters. The van der Waals surface area contributed by atoms with Crippen LogP contribution in [0.3, 0.4) is 0 Å². The quantitative estimate of drug-likeness (QED) is 0.593. The van der Waals surface area contributed by atoms with Gasteiger partial charge in [-0.05, 0) is 19.4 Å². The second kappa shape index (κ2) is 5.95. The molecule has 0 fully saturated rings. The lowest BCUT2D eigenvalue weighted by Gasteiger charge is -2.12. The van der Waals surface area contributed by atoms with Gasteiger partial charge in [0.05, 0.1) is 4.92 Å². The third kappa shape index (κ3) is 3.84. The second-order valence-corrected chi connectivity index (χ2v) is 3.69. The Morgan fingerprint density at radius 2 is 2.29 bits per heavy atom. The number of nitro groups is 1. The lowest BCUT2D eigenvalue weighted by Crippen LogP contribution is -2.33. The molecule has 0 aromatic heterocycles. The van der Waals surface area contributed by atoms with E-state index in [2.05, 4.69) is 5.32 Å². The van der Waals surface area contributed by atoms with Gasteiger partial charge in [0.15, 0.2) is 0 Å². The van der Waals surface area contributed by atoms with Crippen LogP contribution in [0.15, 0.2) is 24.3 Å². The summed E-state index contributed by atoms with van der Waals surface area (Å²) in [7, 11) is 0. The van der Waals surface area contributed by atoms with Crippen LogP contribution in [0.4, 0.5) is 5.69 Å². The van der Waals surface area contributed by atoms with Gasteiger partial charge in [0.2, 0.25) is 0 Å². The summed E-state index contributed by atoms with van der Waals surface area (Å²) in [5, 5.41) is 21.9. The molecule has 1 amide bonds. The van der Waals surface area contributed by atoms with Crippen LogP contribution in [-0.2, 0) is 0 Å². The lowest BCUT2D eigenvalue weighted by atomic mass is 10.1. The van der Waals surface area contributed by atoms with E-state index in [9.17, 15) is 14.9 Å². The van der Waals surface area contributed by atoms with Crippen molar-refractivity contribution in [3.05, 3.63) is 39.9 Å². The topological polar surface area (TPSA) is 92.5 Å². The number of rotatable bonds is 5. The molecule has 17 heavy (non-hydrogen) atoms. The first kappa shape index (κ1) is 13.1. The van der Waals surface area contributed by atoms with E-state index in [1.807, 2.05) is 0 Å². The van der Waals surface area contributed by atoms with Gasteiger partial charge in [-0.15, -0.1) is 0 Å². The van der Waals surface area contributed by atoms with Gasteiger partial charge in [0.1, 0.15) is 0 Å². The van der Waals surface area contributed by atoms with E-state index in [-0.39, 0.29) is 29.8 Å². The Hall–Kier alpha value is -1.95. The van der Waals surface area contributed by atoms with Crippen LogP contribution in [0.1, 0.15) is 23.7 Å². The highest BCUT2D eigenvalue weighted by Crippen LogP contribution is 2.13. The molecule has 1 aromatic rings. The van der Waals surface area contributed by atoms with Crippen molar-refractivity contribution in [2.75, 3.05) is 6.61 Å². The predicted molar refractivity (Wildman–Crippen MR) is 61.7 cm³/mol. The molecule has 0 aliphatic rings. The number of nitro benzene ring substituents is 1. The number of nitrogens with zero attached hydrogens (tertiary/aromatic N) is 1. The van der Waals surface area contributed by atoms with E-state index in [0.717, 1.165) is 0 Å². The Labute approximate surface area is 98.4 Å². The number of amides is 1. The largest absolute Gasteiger partial charge is 0.396 e. The zero-order valence-electron chi connectivity index (χ0n) is 9.42. The summed E-state index contributed by atoms with van der Waals surface area (Å²) in [6, 6.07) is 5.35. The SMILES string of the molecule is CC(CCO)NC(=O)c1cccc([N+](=O)[O-])c1. The van der Waals surface area contributed by atoms with E-state index in [0.29, 0.717) is 6.42 Å². The first-order chi connectivity index (χ1) is 8.04. The zero-order valence-corrected chi connectivity index (χ0v) is 9.42. The van der Waals surface area contributed by atoms with Crippen molar-refractivity contribution < 1.29 is 14.8 Å². The fraction of sp³-hybridized carbons (Fsp3) is 0.364. The van der Waals surface area contributed by atoms with Crippen molar-refractivity contribution in [3.8, 4) is 0 Å². The van der Waals surface area contributed by atoms with Crippen molar-refractivity contribution in [2.24, 2.45) is 0 Å². The number of nitrogens with one attached hydrogen (secondary N) is 1. The third-order valence-corrected chi connectivity index (χ3v) is 2.26. The molecule has 1 aromatic carbocycles. The van der Waals surface area contributed by atoms with Gasteiger partial charge < -0.3 is 10.4 Å². The highest BCUT2D eigenvalue weighted by Gasteiger charge is 2.13. The summed E-state index contributed by atoms with van der Waals surface area (Å²) < 4.78 is 0. The average Bonchev–Trinajstić information content (AvgIpc) is 2.29. The van der Waals surface area contributed by atoms with Gasteiger partial charge in [0, 0.05) is 30.3 Å². The van der Waals surface area contributed by atoms with Crippen molar-refractivity contribution in [3.63, 3.8) is 0 Å². The standard InChI is InChI=1S/C11H14N2O4/c1-8(5-6-14)12-11(15)9-3-2-4-10(7-9)13(16)17/h2-4,7-8,14H,5-6H2,1H3,(H,12,15). The molecular weight excluding hydrogens is 224 g/mol. The number of carbonyl (C=O) groups is 1. The number of benzene rings is 1. The van der Waals surface area contributed by atoms with Crippen LogP contribution in [0.25, 0.3) is 0 Å². The molecule has 0 saturated heterocycles. The molecule has 0 saturated carbocycles.